The van der Waals surface area contributed by atoms with Gasteiger partial charge < -0.3 is 5.11 Å². The van der Waals surface area contributed by atoms with Crippen molar-refractivity contribution in [2.24, 2.45) is 5.92 Å². The highest BCUT2D eigenvalue weighted by atomic mass is 28.3. The minimum absolute atomic E-state index is 0.0637. The predicted octanol–water partition coefficient (Wildman–Crippen LogP) is 2.05. The summed E-state index contributed by atoms with van der Waals surface area (Å²) in [5.41, 5.74) is 3.13. The summed E-state index contributed by atoms with van der Waals surface area (Å²) in [4.78, 5) is 0. The first-order chi connectivity index (χ1) is 5.37. The smallest absolute Gasteiger partial charge is 0.129 e. The largest absolute Gasteiger partial charge is 0.380 e. The highest BCUT2D eigenvalue weighted by Gasteiger charge is 2.10. The van der Waals surface area contributed by atoms with Gasteiger partial charge in [-0.15, -0.1) is 12.1 Å². The molecule has 0 aliphatic carbocycles. The fourth-order valence-corrected chi connectivity index (χ4v) is 1.13. The summed E-state index contributed by atoms with van der Waals surface area (Å²) in [6.07, 6.45) is 1.18. The normalized spacial score (nSPS) is 15.8. The summed E-state index contributed by atoms with van der Waals surface area (Å²) in [5.74, 6) is 2.93. The van der Waals surface area contributed by atoms with Gasteiger partial charge in [-0.2, -0.15) is 0 Å². The van der Waals surface area contributed by atoms with Crippen LogP contribution in [-0.4, -0.2) is 19.3 Å². The van der Waals surface area contributed by atoms with E-state index in [2.05, 4.69) is 37.7 Å². The number of aliphatic hydroxyl groups excluding tert-OH is 1. The summed E-state index contributed by atoms with van der Waals surface area (Å²) >= 11 is 0. The van der Waals surface area contributed by atoms with E-state index in [4.69, 9.17) is 0 Å². The molecule has 0 spiro atoms. The second kappa shape index (κ2) is 4.49. The molecule has 0 radical (unpaired) electrons. The molecule has 0 fully saturated rings. The second-order valence-electron chi connectivity index (χ2n) is 4.06. The maximum absolute atomic E-state index is 9.46. The second-order valence-corrected chi connectivity index (χ2v) is 8.81. The highest BCUT2D eigenvalue weighted by molar-refractivity contribution is 6.83. The van der Waals surface area contributed by atoms with Crippen molar-refractivity contribution in [3.8, 4) is 11.5 Å². The first-order valence-electron chi connectivity index (χ1n) is 4.20. The quantitative estimate of drug-likeness (QED) is 0.394. The van der Waals surface area contributed by atoms with E-state index in [1.54, 1.807) is 6.08 Å². The molecular formula is C10H18OSi. The van der Waals surface area contributed by atoms with E-state index in [1.807, 2.05) is 6.92 Å². The van der Waals surface area contributed by atoms with E-state index >= 15 is 0 Å². The lowest BCUT2D eigenvalue weighted by molar-refractivity contribution is 0.195. The van der Waals surface area contributed by atoms with E-state index in [0.717, 1.165) is 0 Å². The monoisotopic (exact) mass is 182 g/mol. The fourth-order valence-electron chi connectivity index (χ4n) is 0.551. The Labute approximate surface area is 76.5 Å². The molecule has 0 rings (SSSR count). The molecule has 0 aromatic carbocycles. The Morgan fingerprint density at radius 2 is 1.92 bits per heavy atom. The summed E-state index contributed by atoms with van der Waals surface area (Å²) in [5, 5.41) is 9.46. The topological polar surface area (TPSA) is 20.2 Å². The molecule has 0 heterocycles. The van der Waals surface area contributed by atoms with Gasteiger partial charge in [0.25, 0.3) is 0 Å². The molecule has 0 aliphatic rings. The number of aliphatic hydroxyl groups is 1. The molecule has 0 saturated heterocycles. The molecule has 2 heteroatoms. The molecule has 0 amide bonds. The van der Waals surface area contributed by atoms with Crippen LogP contribution < -0.4 is 0 Å². The van der Waals surface area contributed by atoms with Crippen LogP contribution in [0.4, 0.5) is 0 Å². The Morgan fingerprint density at radius 3 is 2.25 bits per heavy atom. The lowest BCUT2D eigenvalue weighted by atomic mass is 10.1. The zero-order valence-electron chi connectivity index (χ0n) is 8.39. The first-order valence-corrected chi connectivity index (χ1v) is 7.70. The molecular weight excluding hydrogens is 164 g/mol. The van der Waals surface area contributed by atoms with E-state index in [9.17, 15) is 5.11 Å². The van der Waals surface area contributed by atoms with Crippen LogP contribution >= 0.6 is 0 Å². The Balaban J connectivity index is 4.22. The number of rotatable bonds is 2. The zero-order chi connectivity index (χ0) is 9.78. The van der Waals surface area contributed by atoms with Crippen molar-refractivity contribution in [1.29, 1.82) is 0 Å². The van der Waals surface area contributed by atoms with Gasteiger partial charge >= 0.3 is 0 Å². The molecule has 1 N–H and O–H groups in total. The molecule has 68 valence electrons. The average molecular weight is 182 g/mol. The van der Waals surface area contributed by atoms with E-state index < -0.39 is 14.2 Å². The van der Waals surface area contributed by atoms with Crippen LogP contribution in [0.5, 0.6) is 0 Å². The van der Waals surface area contributed by atoms with Crippen molar-refractivity contribution < 1.29 is 5.11 Å². The third kappa shape index (κ3) is 5.17. The maximum atomic E-state index is 9.46. The Kier molecular flexibility index (Phi) is 4.29. The number of hydrogen-bond acceptors (Lipinski definition) is 1. The van der Waals surface area contributed by atoms with E-state index in [0.29, 0.717) is 0 Å². The minimum atomic E-state index is -1.33. The fraction of sp³-hybridized carbons (Fsp3) is 0.600. The van der Waals surface area contributed by atoms with E-state index in [1.165, 1.54) is 0 Å². The molecule has 2 atom stereocenters. The van der Waals surface area contributed by atoms with Crippen LogP contribution in [0.2, 0.25) is 19.6 Å². The Bertz CT molecular complexity index is 204. The predicted molar refractivity (Wildman–Crippen MR) is 56.5 cm³/mol. The molecule has 0 unspecified atom stereocenters. The van der Waals surface area contributed by atoms with Crippen LogP contribution in [0.15, 0.2) is 12.7 Å². The van der Waals surface area contributed by atoms with Crippen LogP contribution in [0.25, 0.3) is 0 Å². The van der Waals surface area contributed by atoms with Gasteiger partial charge in [-0.05, 0) is 0 Å². The van der Waals surface area contributed by atoms with Gasteiger partial charge in [0.15, 0.2) is 0 Å². The van der Waals surface area contributed by atoms with Gasteiger partial charge in [-0.25, -0.2) is 0 Å². The Morgan fingerprint density at radius 1 is 1.42 bits per heavy atom. The lowest BCUT2D eigenvalue weighted by Gasteiger charge is -2.09. The molecule has 0 aromatic heterocycles. The van der Waals surface area contributed by atoms with Gasteiger partial charge in [0.1, 0.15) is 14.2 Å². The van der Waals surface area contributed by atoms with Gasteiger partial charge in [0.05, 0.1) is 0 Å². The van der Waals surface area contributed by atoms with Crippen molar-refractivity contribution in [2.45, 2.75) is 32.7 Å². The van der Waals surface area contributed by atoms with Crippen molar-refractivity contribution in [2.75, 3.05) is 0 Å². The van der Waals surface area contributed by atoms with Crippen molar-refractivity contribution in [1.82, 2.24) is 0 Å². The van der Waals surface area contributed by atoms with Crippen LogP contribution in [-0.2, 0) is 0 Å². The van der Waals surface area contributed by atoms with Gasteiger partial charge in [-0.3, -0.25) is 0 Å². The average Bonchev–Trinajstić information content (AvgIpc) is 1.97. The SMILES string of the molecule is C=C[C@@H](C)[C@@H](O)C#C[Si](C)(C)C. The lowest BCUT2D eigenvalue weighted by Crippen LogP contribution is -2.19. The molecule has 1 nitrogen and oxygen atoms in total. The van der Waals surface area contributed by atoms with Gasteiger partial charge in [-0.1, -0.05) is 38.6 Å². The maximum Gasteiger partial charge on any atom is 0.129 e. The van der Waals surface area contributed by atoms with E-state index in [-0.39, 0.29) is 5.92 Å². The van der Waals surface area contributed by atoms with Crippen LogP contribution in [0, 0.1) is 17.4 Å². The Hall–Kier alpha value is -0.523. The molecule has 0 saturated carbocycles. The summed E-state index contributed by atoms with van der Waals surface area (Å²) in [7, 11) is -1.33. The minimum Gasteiger partial charge on any atom is -0.380 e. The molecule has 0 aliphatic heterocycles. The third-order valence-electron chi connectivity index (χ3n) is 1.46. The van der Waals surface area contributed by atoms with Gasteiger partial charge in [0.2, 0.25) is 0 Å². The van der Waals surface area contributed by atoms with Crippen LogP contribution in [0.3, 0.4) is 0 Å². The summed E-state index contributed by atoms with van der Waals surface area (Å²) < 4.78 is 0. The molecule has 0 aromatic rings. The van der Waals surface area contributed by atoms with Crippen LogP contribution in [0.1, 0.15) is 6.92 Å². The summed E-state index contributed by atoms with van der Waals surface area (Å²) in [6, 6.07) is 0. The zero-order valence-corrected chi connectivity index (χ0v) is 9.39. The first kappa shape index (κ1) is 11.5. The van der Waals surface area contributed by atoms with Crippen molar-refractivity contribution >= 4 is 8.07 Å². The molecule has 12 heavy (non-hydrogen) atoms. The van der Waals surface area contributed by atoms with Crippen molar-refractivity contribution in [3.63, 3.8) is 0 Å². The van der Waals surface area contributed by atoms with Crippen molar-refractivity contribution in [3.05, 3.63) is 12.7 Å². The third-order valence-corrected chi connectivity index (χ3v) is 2.36. The van der Waals surface area contributed by atoms with Gasteiger partial charge in [0, 0.05) is 5.92 Å². The highest BCUT2D eigenvalue weighted by Crippen LogP contribution is 2.03. The standard InChI is InChI=1S/C10H18OSi/c1-6-9(2)10(11)7-8-12(3,4)5/h6,9-11H,1H2,2-5H3/t9-,10+/m1/s1. The molecule has 0 bridgehead atoms. The summed E-state index contributed by atoms with van der Waals surface area (Å²) in [6.45, 7) is 12.0. The number of hydrogen-bond donors (Lipinski definition) is 1.